The van der Waals surface area contributed by atoms with E-state index in [9.17, 15) is 13.2 Å². The first-order chi connectivity index (χ1) is 9.70. The fourth-order valence-electron chi connectivity index (χ4n) is 2.83. The maximum atomic E-state index is 13.1. The number of nitrogens with zero attached hydrogens (tertiary/aromatic N) is 1. The quantitative estimate of drug-likeness (QED) is 0.863. The standard InChI is InChI=1S/C15H20ClF3N2/c1-9-8-21(3)10(2)7-13(9)20-14-11(15(17,18)19)5-4-6-12(14)16/h4-6,9-10,13,20H,7-8H2,1-3H3. The predicted molar refractivity (Wildman–Crippen MR) is 79.7 cm³/mol. The van der Waals surface area contributed by atoms with Crippen molar-refractivity contribution >= 4 is 17.3 Å². The SMILES string of the molecule is CC1CN(C)C(C)CC1Nc1c(Cl)cccc1C(F)(F)F. The lowest BCUT2D eigenvalue weighted by molar-refractivity contribution is -0.137. The number of para-hydroxylation sites is 1. The molecule has 118 valence electrons. The van der Waals surface area contributed by atoms with Crippen LogP contribution in [0.1, 0.15) is 25.8 Å². The van der Waals surface area contributed by atoms with Crippen molar-refractivity contribution in [3.63, 3.8) is 0 Å². The molecule has 1 saturated heterocycles. The summed E-state index contributed by atoms with van der Waals surface area (Å²) in [6.07, 6.45) is -3.62. The van der Waals surface area contributed by atoms with Crippen molar-refractivity contribution < 1.29 is 13.2 Å². The van der Waals surface area contributed by atoms with Gasteiger partial charge in [0.2, 0.25) is 0 Å². The molecule has 1 aliphatic rings. The highest BCUT2D eigenvalue weighted by Crippen LogP contribution is 2.39. The maximum Gasteiger partial charge on any atom is 0.418 e. The Kier molecular flexibility index (Phi) is 4.73. The first kappa shape index (κ1) is 16.4. The molecule has 2 nitrogen and oxygen atoms in total. The molecule has 0 spiro atoms. The van der Waals surface area contributed by atoms with Gasteiger partial charge in [0.15, 0.2) is 0 Å². The van der Waals surface area contributed by atoms with Gasteiger partial charge in [0.1, 0.15) is 0 Å². The van der Waals surface area contributed by atoms with E-state index in [1.807, 2.05) is 14.0 Å². The Morgan fingerprint density at radius 3 is 2.57 bits per heavy atom. The van der Waals surface area contributed by atoms with Crippen LogP contribution in [0.3, 0.4) is 0 Å². The van der Waals surface area contributed by atoms with Crippen molar-refractivity contribution in [2.75, 3.05) is 18.9 Å². The van der Waals surface area contributed by atoms with Gasteiger partial charge in [-0.25, -0.2) is 0 Å². The maximum absolute atomic E-state index is 13.1. The van der Waals surface area contributed by atoms with Crippen LogP contribution < -0.4 is 5.32 Å². The fourth-order valence-corrected chi connectivity index (χ4v) is 3.06. The summed E-state index contributed by atoms with van der Waals surface area (Å²) in [6, 6.07) is 4.20. The zero-order valence-corrected chi connectivity index (χ0v) is 13.1. The van der Waals surface area contributed by atoms with Crippen molar-refractivity contribution in [3.8, 4) is 0 Å². The molecule has 0 amide bonds. The van der Waals surface area contributed by atoms with Crippen LogP contribution in [0.15, 0.2) is 18.2 Å². The lowest BCUT2D eigenvalue weighted by Crippen LogP contribution is -2.48. The molecule has 3 unspecified atom stereocenters. The molecule has 0 bridgehead atoms. The Labute approximate surface area is 128 Å². The normalized spacial score (nSPS) is 27.7. The van der Waals surface area contributed by atoms with Gasteiger partial charge in [-0.15, -0.1) is 0 Å². The summed E-state index contributed by atoms with van der Waals surface area (Å²) >= 11 is 5.99. The number of alkyl halides is 3. The van der Waals surface area contributed by atoms with E-state index in [0.29, 0.717) is 6.04 Å². The number of nitrogens with one attached hydrogen (secondary N) is 1. The highest BCUT2D eigenvalue weighted by Gasteiger charge is 2.36. The highest BCUT2D eigenvalue weighted by atomic mass is 35.5. The van der Waals surface area contributed by atoms with Crippen LogP contribution in [0.5, 0.6) is 0 Å². The van der Waals surface area contributed by atoms with Crippen molar-refractivity contribution in [3.05, 3.63) is 28.8 Å². The van der Waals surface area contributed by atoms with Gasteiger partial charge in [0.25, 0.3) is 0 Å². The second-order valence-corrected chi connectivity index (χ2v) is 6.32. The molecule has 1 fully saturated rings. The number of hydrogen-bond acceptors (Lipinski definition) is 2. The number of rotatable bonds is 2. The molecule has 0 aromatic heterocycles. The van der Waals surface area contributed by atoms with Gasteiger partial charge in [-0.2, -0.15) is 13.2 Å². The molecule has 1 heterocycles. The molecule has 3 atom stereocenters. The van der Waals surface area contributed by atoms with E-state index in [0.717, 1.165) is 19.0 Å². The van der Waals surface area contributed by atoms with Crippen molar-refractivity contribution in [1.29, 1.82) is 0 Å². The average molecular weight is 321 g/mol. The third-order valence-electron chi connectivity index (χ3n) is 4.26. The predicted octanol–water partition coefficient (Wildman–Crippen LogP) is 4.50. The minimum atomic E-state index is -4.41. The zero-order valence-electron chi connectivity index (χ0n) is 12.3. The molecule has 1 aromatic rings. The zero-order chi connectivity index (χ0) is 15.8. The molecular formula is C15H20ClF3N2. The summed E-state index contributed by atoms with van der Waals surface area (Å²) in [4.78, 5) is 2.22. The van der Waals surface area contributed by atoms with Gasteiger partial charge < -0.3 is 10.2 Å². The van der Waals surface area contributed by atoms with E-state index >= 15 is 0 Å². The summed E-state index contributed by atoms with van der Waals surface area (Å²) in [5.41, 5.74) is -0.700. The van der Waals surface area contributed by atoms with E-state index in [4.69, 9.17) is 11.6 Å². The van der Waals surface area contributed by atoms with E-state index in [1.165, 1.54) is 12.1 Å². The third-order valence-corrected chi connectivity index (χ3v) is 4.57. The number of benzene rings is 1. The van der Waals surface area contributed by atoms with Crippen LogP contribution in [0.2, 0.25) is 5.02 Å². The minimum absolute atomic E-state index is 0.000250. The summed E-state index contributed by atoms with van der Waals surface area (Å²) in [7, 11) is 2.04. The van der Waals surface area contributed by atoms with Crippen LogP contribution >= 0.6 is 11.6 Å². The van der Waals surface area contributed by atoms with Crippen molar-refractivity contribution in [1.82, 2.24) is 4.90 Å². The molecule has 2 rings (SSSR count). The topological polar surface area (TPSA) is 15.3 Å². The van der Waals surface area contributed by atoms with Crippen LogP contribution in [0.25, 0.3) is 0 Å². The Morgan fingerprint density at radius 2 is 1.95 bits per heavy atom. The van der Waals surface area contributed by atoms with Crippen molar-refractivity contribution in [2.45, 2.75) is 38.5 Å². The number of hydrogen-bond donors (Lipinski definition) is 1. The van der Waals surface area contributed by atoms with Gasteiger partial charge in [-0.3, -0.25) is 0 Å². The van der Waals surface area contributed by atoms with E-state index < -0.39 is 11.7 Å². The molecule has 6 heteroatoms. The molecule has 1 aromatic carbocycles. The Morgan fingerprint density at radius 1 is 1.29 bits per heavy atom. The number of halogens is 4. The monoisotopic (exact) mass is 320 g/mol. The van der Waals surface area contributed by atoms with Gasteiger partial charge in [-0.05, 0) is 38.4 Å². The Balaban J connectivity index is 2.27. The first-order valence-corrected chi connectivity index (χ1v) is 7.40. The summed E-state index contributed by atoms with van der Waals surface area (Å²) in [5, 5.41) is 3.16. The van der Waals surface area contributed by atoms with Gasteiger partial charge in [-0.1, -0.05) is 24.6 Å². The number of likely N-dealkylation sites (tertiary alicyclic amines) is 1. The summed E-state index contributed by atoms with van der Waals surface area (Å²) in [6.45, 7) is 4.98. The van der Waals surface area contributed by atoms with Crippen LogP contribution in [0.4, 0.5) is 18.9 Å². The van der Waals surface area contributed by atoms with E-state index in [1.54, 1.807) is 0 Å². The minimum Gasteiger partial charge on any atom is -0.380 e. The Hall–Kier alpha value is -0.940. The van der Waals surface area contributed by atoms with E-state index in [-0.39, 0.29) is 22.7 Å². The van der Waals surface area contributed by atoms with Gasteiger partial charge in [0.05, 0.1) is 16.3 Å². The molecule has 0 saturated carbocycles. The average Bonchev–Trinajstić information content (AvgIpc) is 2.36. The lowest BCUT2D eigenvalue weighted by Gasteiger charge is -2.40. The smallest absolute Gasteiger partial charge is 0.380 e. The van der Waals surface area contributed by atoms with Crippen molar-refractivity contribution in [2.24, 2.45) is 5.92 Å². The second kappa shape index (κ2) is 6.05. The summed E-state index contributed by atoms with van der Waals surface area (Å²) in [5.74, 6) is 0.253. The largest absolute Gasteiger partial charge is 0.418 e. The summed E-state index contributed by atoms with van der Waals surface area (Å²) < 4.78 is 39.3. The molecule has 1 aliphatic heterocycles. The van der Waals surface area contributed by atoms with Crippen LogP contribution in [0, 0.1) is 5.92 Å². The number of anilines is 1. The lowest BCUT2D eigenvalue weighted by atomic mass is 9.89. The highest BCUT2D eigenvalue weighted by molar-refractivity contribution is 6.33. The molecule has 0 aliphatic carbocycles. The van der Waals surface area contributed by atoms with Crippen LogP contribution in [-0.2, 0) is 6.18 Å². The third kappa shape index (κ3) is 3.64. The molecule has 21 heavy (non-hydrogen) atoms. The van der Waals surface area contributed by atoms with E-state index in [2.05, 4.69) is 17.1 Å². The van der Waals surface area contributed by atoms with Gasteiger partial charge in [0, 0.05) is 18.6 Å². The molecule has 1 N–H and O–H groups in total. The first-order valence-electron chi connectivity index (χ1n) is 7.02. The molecular weight excluding hydrogens is 301 g/mol. The molecule has 0 radical (unpaired) electrons. The second-order valence-electron chi connectivity index (χ2n) is 5.91. The van der Waals surface area contributed by atoms with Gasteiger partial charge >= 0.3 is 6.18 Å². The Bertz CT molecular complexity index is 504. The van der Waals surface area contributed by atoms with Crippen LogP contribution in [-0.4, -0.2) is 30.6 Å². The number of piperidine rings is 1. The fraction of sp³-hybridized carbons (Fsp3) is 0.600.